The van der Waals surface area contributed by atoms with E-state index in [4.69, 9.17) is 0 Å². The molecule has 1 aliphatic rings. The van der Waals surface area contributed by atoms with E-state index in [2.05, 4.69) is 27.8 Å². The van der Waals surface area contributed by atoms with Crippen LogP contribution in [0, 0.1) is 0 Å². The smallest absolute Gasteiger partial charge is 0.319 e. The molecule has 1 atom stereocenters. The molecule has 1 heterocycles. The van der Waals surface area contributed by atoms with Crippen molar-refractivity contribution in [2.24, 2.45) is 0 Å². The predicted molar refractivity (Wildman–Crippen MR) is 83.3 cm³/mol. The van der Waals surface area contributed by atoms with E-state index < -0.39 is 0 Å². The highest BCUT2D eigenvalue weighted by atomic mass is 16.2. The molecule has 1 fully saturated rings. The maximum absolute atomic E-state index is 11.9. The summed E-state index contributed by atoms with van der Waals surface area (Å²) in [6.07, 6.45) is 3.50. The van der Waals surface area contributed by atoms with Gasteiger partial charge in [0, 0.05) is 17.9 Å². The second-order valence-corrected chi connectivity index (χ2v) is 4.84. The fourth-order valence-corrected chi connectivity index (χ4v) is 2.11. The van der Waals surface area contributed by atoms with E-state index in [1.807, 2.05) is 0 Å². The third-order valence-electron chi connectivity index (χ3n) is 3.19. The Kier molecular flexibility index (Phi) is 5.34. The summed E-state index contributed by atoms with van der Waals surface area (Å²) in [6.45, 7) is 4.82. The monoisotopic (exact) mass is 288 g/mol. The number of carbonyl (C=O) groups excluding carboxylic acids is 2. The molecule has 6 nitrogen and oxygen atoms in total. The highest BCUT2D eigenvalue weighted by molar-refractivity contribution is 5.95. The summed E-state index contributed by atoms with van der Waals surface area (Å²) < 4.78 is 0. The van der Waals surface area contributed by atoms with Crippen LogP contribution >= 0.6 is 0 Å². The molecule has 4 N–H and O–H groups in total. The Morgan fingerprint density at radius 1 is 1.24 bits per heavy atom. The van der Waals surface area contributed by atoms with Crippen LogP contribution in [0.25, 0.3) is 0 Å². The number of nitrogens with one attached hydrogen (secondary N) is 4. The first kappa shape index (κ1) is 15.1. The van der Waals surface area contributed by atoms with Crippen molar-refractivity contribution in [1.29, 1.82) is 0 Å². The minimum atomic E-state index is -0.290. The SMILES string of the molecule is C=CCNC(=O)Nc1ccc(NC(=O)C2CCCN2)cc1. The van der Waals surface area contributed by atoms with Crippen molar-refractivity contribution >= 4 is 23.3 Å². The minimum absolute atomic E-state index is 0.0167. The first-order chi connectivity index (χ1) is 10.2. The largest absolute Gasteiger partial charge is 0.334 e. The predicted octanol–water partition coefficient (Wildman–Crippen LogP) is 1.68. The summed E-state index contributed by atoms with van der Waals surface area (Å²) in [5, 5.41) is 11.3. The van der Waals surface area contributed by atoms with Crippen molar-refractivity contribution in [1.82, 2.24) is 10.6 Å². The average Bonchev–Trinajstić information content (AvgIpc) is 3.01. The van der Waals surface area contributed by atoms with Gasteiger partial charge in [0.1, 0.15) is 0 Å². The van der Waals surface area contributed by atoms with E-state index >= 15 is 0 Å². The topological polar surface area (TPSA) is 82.3 Å². The van der Waals surface area contributed by atoms with E-state index in [1.54, 1.807) is 30.3 Å². The summed E-state index contributed by atoms with van der Waals surface area (Å²) in [7, 11) is 0. The van der Waals surface area contributed by atoms with Crippen molar-refractivity contribution in [3.8, 4) is 0 Å². The third kappa shape index (κ3) is 4.61. The fraction of sp³-hybridized carbons (Fsp3) is 0.333. The number of hydrogen-bond acceptors (Lipinski definition) is 3. The van der Waals surface area contributed by atoms with Crippen LogP contribution in [0.5, 0.6) is 0 Å². The van der Waals surface area contributed by atoms with Crippen LogP contribution in [-0.2, 0) is 4.79 Å². The summed E-state index contributed by atoms with van der Waals surface area (Å²) >= 11 is 0. The molecule has 1 aromatic rings. The Balaban J connectivity index is 1.85. The zero-order valence-electron chi connectivity index (χ0n) is 11.8. The second kappa shape index (κ2) is 7.44. The third-order valence-corrected chi connectivity index (χ3v) is 3.19. The van der Waals surface area contributed by atoms with Crippen molar-refractivity contribution < 1.29 is 9.59 Å². The lowest BCUT2D eigenvalue weighted by Gasteiger charge is -2.12. The molecule has 6 heteroatoms. The molecule has 0 saturated carbocycles. The quantitative estimate of drug-likeness (QED) is 0.622. The van der Waals surface area contributed by atoms with Crippen LogP contribution < -0.4 is 21.3 Å². The van der Waals surface area contributed by atoms with Crippen LogP contribution in [0.15, 0.2) is 36.9 Å². The molecular weight excluding hydrogens is 268 g/mol. The van der Waals surface area contributed by atoms with E-state index in [0.29, 0.717) is 17.9 Å². The molecule has 21 heavy (non-hydrogen) atoms. The lowest BCUT2D eigenvalue weighted by Crippen LogP contribution is -2.35. The standard InChI is InChI=1S/C15H20N4O2/c1-2-9-17-15(21)19-12-7-5-11(6-8-12)18-14(20)13-4-3-10-16-13/h2,5-8,13,16H,1,3-4,9-10H2,(H,18,20)(H2,17,19,21). The molecule has 1 aromatic carbocycles. The number of carbonyl (C=O) groups is 2. The van der Waals surface area contributed by atoms with E-state index in [-0.39, 0.29) is 18.0 Å². The number of hydrogen-bond donors (Lipinski definition) is 4. The summed E-state index contributed by atoms with van der Waals surface area (Å²) in [6, 6.07) is 6.61. The molecular formula is C15H20N4O2. The van der Waals surface area contributed by atoms with Gasteiger partial charge >= 0.3 is 6.03 Å². The molecule has 1 saturated heterocycles. The first-order valence-corrected chi connectivity index (χ1v) is 6.99. The number of urea groups is 1. The normalized spacial score (nSPS) is 17.0. The molecule has 1 aliphatic heterocycles. The van der Waals surface area contributed by atoms with Gasteiger partial charge in [-0.05, 0) is 43.7 Å². The lowest BCUT2D eigenvalue weighted by molar-refractivity contribution is -0.117. The number of amides is 3. The van der Waals surface area contributed by atoms with Gasteiger partial charge in [-0.3, -0.25) is 4.79 Å². The minimum Gasteiger partial charge on any atom is -0.334 e. The van der Waals surface area contributed by atoms with Crippen LogP contribution in [0.4, 0.5) is 16.2 Å². The number of benzene rings is 1. The van der Waals surface area contributed by atoms with Gasteiger partial charge in [-0.1, -0.05) is 6.08 Å². The van der Waals surface area contributed by atoms with Crippen molar-refractivity contribution in [2.75, 3.05) is 23.7 Å². The van der Waals surface area contributed by atoms with Gasteiger partial charge in [0.25, 0.3) is 0 Å². The van der Waals surface area contributed by atoms with Gasteiger partial charge in [0.2, 0.25) is 5.91 Å². The average molecular weight is 288 g/mol. The van der Waals surface area contributed by atoms with E-state index in [1.165, 1.54) is 0 Å². The molecule has 0 spiro atoms. The maximum Gasteiger partial charge on any atom is 0.319 e. The molecule has 1 unspecified atom stereocenters. The van der Waals surface area contributed by atoms with Gasteiger partial charge in [-0.15, -0.1) is 6.58 Å². The van der Waals surface area contributed by atoms with E-state index in [0.717, 1.165) is 19.4 Å². The van der Waals surface area contributed by atoms with Crippen LogP contribution in [0.1, 0.15) is 12.8 Å². The number of rotatable bonds is 5. The van der Waals surface area contributed by atoms with Crippen molar-refractivity contribution in [2.45, 2.75) is 18.9 Å². The molecule has 112 valence electrons. The highest BCUT2D eigenvalue weighted by Gasteiger charge is 2.21. The number of anilines is 2. The molecule has 0 aliphatic carbocycles. The van der Waals surface area contributed by atoms with Gasteiger partial charge in [0.05, 0.1) is 6.04 Å². The first-order valence-electron chi connectivity index (χ1n) is 6.99. The Hall–Kier alpha value is -2.34. The summed E-state index contributed by atoms with van der Waals surface area (Å²) in [4.78, 5) is 23.4. The molecule has 0 aromatic heterocycles. The Bertz CT molecular complexity index is 507. The Morgan fingerprint density at radius 3 is 2.48 bits per heavy atom. The van der Waals surface area contributed by atoms with Gasteiger partial charge in [-0.2, -0.15) is 0 Å². The lowest BCUT2D eigenvalue weighted by atomic mass is 10.2. The maximum atomic E-state index is 11.9. The molecule has 2 rings (SSSR count). The van der Waals surface area contributed by atoms with E-state index in [9.17, 15) is 9.59 Å². The summed E-state index contributed by atoms with van der Waals surface area (Å²) in [5.74, 6) is -0.0167. The Labute approximate surface area is 124 Å². The molecule has 0 radical (unpaired) electrons. The Morgan fingerprint density at radius 2 is 1.90 bits per heavy atom. The fourth-order valence-electron chi connectivity index (χ4n) is 2.11. The van der Waals surface area contributed by atoms with Crippen LogP contribution in [-0.4, -0.2) is 31.1 Å². The highest BCUT2D eigenvalue weighted by Crippen LogP contribution is 2.15. The summed E-state index contributed by atoms with van der Waals surface area (Å²) in [5.41, 5.74) is 1.37. The van der Waals surface area contributed by atoms with Gasteiger partial charge in [0.15, 0.2) is 0 Å². The zero-order chi connectivity index (χ0) is 15.1. The van der Waals surface area contributed by atoms with Gasteiger partial charge < -0.3 is 21.3 Å². The van der Waals surface area contributed by atoms with Crippen molar-refractivity contribution in [3.05, 3.63) is 36.9 Å². The molecule has 3 amide bonds. The molecule has 0 bridgehead atoms. The van der Waals surface area contributed by atoms with Crippen molar-refractivity contribution in [3.63, 3.8) is 0 Å². The van der Waals surface area contributed by atoms with Crippen LogP contribution in [0.3, 0.4) is 0 Å². The van der Waals surface area contributed by atoms with Gasteiger partial charge in [-0.25, -0.2) is 4.79 Å². The zero-order valence-corrected chi connectivity index (χ0v) is 11.8. The van der Waals surface area contributed by atoms with Crippen LogP contribution in [0.2, 0.25) is 0 Å². The second-order valence-electron chi connectivity index (χ2n) is 4.84.